The average Bonchev–Trinajstić information content (AvgIpc) is 2.39. The Hall–Kier alpha value is -1.74. The maximum atomic E-state index is 12.3. The largest absolute Gasteiger partial charge is 0.497 e. The zero-order valence-corrected chi connectivity index (χ0v) is 11.2. The number of ether oxygens (including phenoxy) is 1. The first-order valence-electron chi connectivity index (χ1n) is 5.60. The first-order valence-corrected chi connectivity index (χ1v) is 6.05. The summed E-state index contributed by atoms with van der Waals surface area (Å²) in [5, 5.41) is 0. The van der Waals surface area contributed by atoms with Crippen LogP contribution in [-0.4, -0.2) is 12.9 Å². The number of methoxy groups -OCH3 is 1. The zero-order valence-electron chi connectivity index (χ0n) is 10.3. The summed E-state index contributed by atoms with van der Waals surface area (Å²) in [5.74, 6) is 0.613. The predicted molar refractivity (Wildman–Crippen MR) is 74.9 cm³/mol. The number of ketones is 1. The van der Waals surface area contributed by atoms with Crippen molar-refractivity contribution < 1.29 is 9.53 Å². The summed E-state index contributed by atoms with van der Waals surface area (Å²) in [6.07, 6.45) is 0. The van der Waals surface area contributed by atoms with E-state index in [0.717, 1.165) is 5.56 Å². The third-order valence-electron chi connectivity index (χ3n) is 2.76. The van der Waals surface area contributed by atoms with Gasteiger partial charge < -0.3 is 4.74 Å². The fourth-order valence-electron chi connectivity index (χ4n) is 1.68. The van der Waals surface area contributed by atoms with Gasteiger partial charge in [0.2, 0.25) is 0 Å². The monoisotopic (exact) mass is 258 g/mol. The summed E-state index contributed by atoms with van der Waals surface area (Å²) in [6, 6.07) is 12.8. The zero-order chi connectivity index (χ0) is 13.1. The van der Waals surface area contributed by atoms with Crippen molar-refractivity contribution in [1.82, 2.24) is 0 Å². The van der Waals surface area contributed by atoms with Crippen LogP contribution in [0.4, 0.5) is 0 Å². The van der Waals surface area contributed by atoms with Crippen molar-refractivity contribution in [3.05, 3.63) is 59.2 Å². The van der Waals surface area contributed by atoms with Gasteiger partial charge in [-0.2, -0.15) is 0 Å². The first-order chi connectivity index (χ1) is 8.61. The number of thiol groups is 1. The van der Waals surface area contributed by atoms with Crippen molar-refractivity contribution in [3.63, 3.8) is 0 Å². The lowest BCUT2D eigenvalue weighted by molar-refractivity contribution is 0.103. The molecular formula is C15H14O2S. The quantitative estimate of drug-likeness (QED) is 0.673. The second-order valence-corrected chi connectivity index (χ2v) is 4.56. The van der Waals surface area contributed by atoms with E-state index < -0.39 is 0 Å². The molecule has 0 N–H and O–H groups in total. The number of carbonyl (C=O) groups is 1. The molecule has 0 heterocycles. The molecule has 0 amide bonds. The summed E-state index contributed by atoms with van der Waals surface area (Å²) in [5.41, 5.74) is 2.34. The lowest BCUT2D eigenvalue weighted by atomic mass is 10.0. The third-order valence-corrected chi connectivity index (χ3v) is 3.15. The number of rotatable bonds is 3. The lowest BCUT2D eigenvalue weighted by Gasteiger charge is -2.07. The molecule has 92 valence electrons. The molecule has 0 aromatic heterocycles. The molecule has 0 spiro atoms. The topological polar surface area (TPSA) is 26.3 Å². The highest BCUT2D eigenvalue weighted by molar-refractivity contribution is 7.80. The van der Waals surface area contributed by atoms with Gasteiger partial charge in [0.25, 0.3) is 0 Å². The van der Waals surface area contributed by atoms with Crippen molar-refractivity contribution >= 4 is 18.4 Å². The number of hydrogen-bond acceptors (Lipinski definition) is 3. The second kappa shape index (κ2) is 5.27. The Kier molecular flexibility index (Phi) is 3.72. The highest BCUT2D eigenvalue weighted by Crippen LogP contribution is 2.23. The highest BCUT2D eigenvalue weighted by Gasteiger charge is 2.13. The van der Waals surface area contributed by atoms with Crippen molar-refractivity contribution in [1.29, 1.82) is 0 Å². The van der Waals surface area contributed by atoms with Crippen LogP contribution in [0, 0.1) is 6.92 Å². The van der Waals surface area contributed by atoms with Gasteiger partial charge in [-0.25, -0.2) is 0 Å². The van der Waals surface area contributed by atoms with Crippen LogP contribution in [-0.2, 0) is 0 Å². The number of aryl methyl sites for hydroxylation is 1. The van der Waals surface area contributed by atoms with Gasteiger partial charge in [0.15, 0.2) is 5.78 Å². The molecule has 0 saturated heterocycles. The van der Waals surface area contributed by atoms with E-state index in [9.17, 15) is 4.79 Å². The normalized spacial score (nSPS) is 10.2. The molecule has 0 fully saturated rings. The molecule has 0 aliphatic rings. The summed E-state index contributed by atoms with van der Waals surface area (Å²) >= 11 is 4.32. The lowest BCUT2D eigenvalue weighted by Crippen LogP contribution is -2.03. The van der Waals surface area contributed by atoms with Gasteiger partial charge in [-0.1, -0.05) is 29.8 Å². The van der Waals surface area contributed by atoms with E-state index in [4.69, 9.17) is 4.74 Å². The molecular weight excluding hydrogens is 244 g/mol. The molecule has 0 bridgehead atoms. The van der Waals surface area contributed by atoms with Gasteiger partial charge in [-0.05, 0) is 25.1 Å². The number of benzene rings is 2. The Labute approximate surface area is 112 Å². The number of hydrogen-bond donors (Lipinski definition) is 1. The smallest absolute Gasteiger partial charge is 0.194 e. The van der Waals surface area contributed by atoms with Crippen molar-refractivity contribution in [3.8, 4) is 5.75 Å². The van der Waals surface area contributed by atoms with Gasteiger partial charge in [0.1, 0.15) is 5.75 Å². The molecule has 0 unspecified atom stereocenters. The third kappa shape index (κ3) is 2.57. The molecule has 0 atom stereocenters. The minimum Gasteiger partial charge on any atom is -0.497 e. The fraction of sp³-hybridized carbons (Fsp3) is 0.133. The van der Waals surface area contributed by atoms with Crippen molar-refractivity contribution in [2.75, 3.05) is 7.11 Å². The van der Waals surface area contributed by atoms with Gasteiger partial charge in [-0.3, -0.25) is 4.79 Å². The van der Waals surface area contributed by atoms with Gasteiger partial charge in [0.05, 0.1) is 7.11 Å². The van der Waals surface area contributed by atoms with Crippen LogP contribution in [0.5, 0.6) is 5.75 Å². The van der Waals surface area contributed by atoms with Gasteiger partial charge >= 0.3 is 0 Å². The van der Waals surface area contributed by atoms with E-state index in [0.29, 0.717) is 21.8 Å². The Morgan fingerprint density at radius 2 is 1.78 bits per heavy atom. The van der Waals surface area contributed by atoms with Crippen LogP contribution >= 0.6 is 12.6 Å². The van der Waals surface area contributed by atoms with Crippen LogP contribution < -0.4 is 4.74 Å². The van der Waals surface area contributed by atoms with E-state index in [-0.39, 0.29) is 5.78 Å². The van der Waals surface area contributed by atoms with Gasteiger partial charge in [-0.15, -0.1) is 12.6 Å². The molecule has 0 radical (unpaired) electrons. The molecule has 3 heteroatoms. The predicted octanol–water partition coefficient (Wildman–Crippen LogP) is 3.52. The molecule has 2 nitrogen and oxygen atoms in total. The van der Waals surface area contributed by atoms with Gasteiger partial charge in [0, 0.05) is 16.0 Å². The van der Waals surface area contributed by atoms with E-state index in [1.54, 1.807) is 25.3 Å². The Morgan fingerprint density at radius 1 is 1.11 bits per heavy atom. The van der Waals surface area contributed by atoms with Crippen molar-refractivity contribution in [2.45, 2.75) is 11.8 Å². The SMILES string of the molecule is COc1ccc(S)c(C(=O)c2ccc(C)cc2)c1. The summed E-state index contributed by atoms with van der Waals surface area (Å²) < 4.78 is 5.13. The van der Waals surface area contributed by atoms with Crippen LogP contribution in [0.3, 0.4) is 0 Å². The number of carbonyl (C=O) groups excluding carboxylic acids is 1. The summed E-state index contributed by atoms with van der Waals surface area (Å²) in [7, 11) is 1.58. The second-order valence-electron chi connectivity index (χ2n) is 4.08. The minimum atomic E-state index is -0.0427. The standard InChI is InChI=1S/C15H14O2S/c1-10-3-5-11(6-4-10)15(16)13-9-12(17-2)7-8-14(13)18/h3-9,18H,1-2H3. The van der Waals surface area contributed by atoms with Crippen LogP contribution in [0.25, 0.3) is 0 Å². The summed E-state index contributed by atoms with van der Waals surface area (Å²) in [4.78, 5) is 13.0. The Bertz CT molecular complexity index is 574. The van der Waals surface area contributed by atoms with Crippen LogP contribution in [0.2, 0.25) is 0 Å². The maximum Gasteiger partial charge on any atom is 0.194 e. The molecule has 2 aromatic carbocycles. The molecule has 0 aliphatic heterocycles. The van der Waals surface area contributed by atoms with Crippen LogP contribution in [0.15, 0.2) is 47.4 Å². The van der Waals surface area contributed by atoms with E-state index >= 15 is 0 Å². The molecule has 18 heavy (non-hydrogen) atoms. The molecule has 0 aliphatic carbocycles. The molecule has 0 saturated carbocycles. The van der Waals surface area contributed by atoms with E-state index in [2.05, 4.69) is 12.6 Å². The molecule has 2 rings (SSSR count). The Morgan fingerprint density at radius 3 is 2.39 bits per heavy atom. The average molecular weight is 258 g/mol. The first kappa shape index (κ1) is 12.7. The highest BCUT2D eigenvalue weighted by atomic mass is 32.1. The Balaban J connectivity index is 2.42. The maximum absolute atomic E-state index is 12.3. The van der Waals surface area contributed by atoms with Crippen LogP contribution in [0.1, 0.15) is 21.5 Å². The summed E-state index contributed by atoms with van der Waals surface area (Å²) in [6.45, 7) is 1.99. The van der Waals surface area contributed by atoms with E-state index in [1.807, 2.05) is 31.2 Å². The molecule has 2 aromatic rings. The van der Waals surface area contributed by atoms with E-state index in [1.165, 1.54) is 0 Å². The minimum absolute atomic E-state index is 0.0427. The van der Waals surface area contributed by atoms with Crippen molar-refractivity contribution in [2.24, 2.45) is 0 Å². The fourth-order valence-corrected chi connectivity index (χ4v) is 1.93.